The number of anilines is 2. The number of aromatic amines is 1. The quantitative estimate of drug-likeness (QED) is 0.442. The topological polar surface area (TPSA) is 103 Å². The Morgan fingerprint density at radius 2 is 1.85 bits per heavy atom. The van der Waals surface area contributed by atoms with Gasteiger partial charge in [0.2, 0.25) is 0 Å². The van der Waals surface area contributed by atoms with E-state index in [1.165, 1.54) is 0 Å². The number of nitrogens with one attached hydrogen (secondary N) is 2. The Labute approximate surface area is 200 Å². The lowest BCUT2D eigenvalue weighted by atomic mass is 9.48. The molecule has 0 unspecified atom stereocenters. The Morgan fingerprint density at radius 3 is 2.59 bits per heavy atom. The fourth-order valence-electron chi connectivity index (χ4n) is 3.88. The number of H-pyrrole nitrogens is 1. The zero-order valence-electron chi connectivity index (χ0n) is 18.3. The number of carbonyl (C=O) groups is 1. The summed E-state index contributed by atoms with van der Waals surface area (Å²) in [7, 11) is 17.3. The molecule has 1 aliphatic rings. The smallest absolute Gasteiger partial charge is 0.257 e. The number of carbonyl (C=O) groups excluding carboxylic acids is 1. The van der Waals surface area contributed by atoms with Gasteiger partial charge in [0.15, 0.2) is 0 Å². The number of nitrogens with zero attached hydrogens (tertiary/aromatic N) is 6. The van der Waals surface area contributed by atoms with Gasteiger partial charge in [-0.1, -0.05) is 5.24 Å². The fraction of sp³-hybridized carbons (Fsp3) is 0.227. The van der Waals surface area contributed by atoms with Gasteiger partial charge < -0.3 is 15.1 Å². The standard InChI is InChI=1S/C22H19B3N8O/c23-22(24,25)33-7-5-32(6-8-33)20-9-14(3-4-26-20)21(34)31-19-10-18-15(11-27-19)1-2-17(30-18)16-12-28-29-13-16/h1-4,9-13H,5-8H2,(H,28,29)(H,27,31,34). The Morgan fingerprint density at radius 1 is 1.03 bits per heavy atom. The SMILES string of the molecule is [B]C([B])([B])N1CCN(c2cc(C(=O)Nc3cc4nc(-c5cn[nH]c5)ccc4cn3)ccn2)CC1. The van der Waals surface area contributed by atoms with Crippen molar-refractivity contribution in [1.29, 1.82) is 0 Å². The lowest BCUT2D eigenvalue weighted by Crippen LogP contribution is -2.58. The summed E-state index contributed by atoms with van der Waals surface area (Å²) < 4.78 is 0. The Kier molecular flexibility index (Phi) is 5.83. The van der Waals surface area contributed by atoms with E-state index in [9.17, 15) is 4.79 Å². The molecule has 6 radical (unpaired) electrons. The predicted molar refractivity (Wildman–Crippen MR) is 133 cm³/mol. The summed E-state index contributed by atoms with van der Waals surface area (Å²) in [6.07, 6.45) is 6.78. The molecule has 5 rings (SSSR count). The highest BCUT2D eigenvalue weighted by Crippen LogP contribution is 2.22. The normalized spacial score (nSPS) is 14.9. The maximum atomic E-state index is 12.9. The van der Waals surface area contributed by atoms with Gasteiger partial charge in [-0.25, -0.2) is 15.0 Å². The molecule has 0 spiro atoms. The molecular formula is C22H19B3N8O. The Hall–Kier alpha value is -3.66. The van der Waals surface area contributed by atoms with Crippen LogP contribution < -0.4 is 10.2 Å². The molecule has 0 bridgehead atoms. The van der Waals surface area contributed by atoms with Gasteiger partial charge in [-0.3, -0.25) is 9.89 Å². The summed E-state index contributed by atoms with van der Waals surface area (Å²) in [5.74, 6) is 0.818. The number of aromatic nitrogens is 5. The first-order valence-electron chi connectivity index (χ1n) is 10.8. The van der Waals surface area contributed by atoms with Crippen LogP contribution in [0.25, 0.3) is 22.2 Å². The third-order valence-corrected chi connectivity index (χ3v) is 5.77. The average molecular weight is 444 g/mol. The Balaban J connectivity index is 1.31. The largest absolute Gasteiger partial charge is 0.354 e. The van der Waals surface area contributed by atoms with Gasteiger partial charge in [-0.2, -0.15) is 5.10 Å². The van der Waals surface area contributed by atoms with Crippen molar-refractivity contribution in [3.63, 3.8) is 0 Å². The van der Waals surface area contributed by atoms with Crippen molar-refractivity contribution >= 4 is 52.0 Å². The summed E-state index contributed by atoms with van der Waals surface area (Å²) in [4.78, 5) is 30.2. The van der Waals surface area contributed by atoms with Crippen LogP contribution in [-0.4, -0.2) is 90.9 Å². The van der Waals surface area contributed by atoms with Gasteiger partial charge in [-0.15, -0.1) is 0 Å². The predicted octanol–water partition coefficient (Wildman–Crippen LogP) is 0.906. The first-order chi connectivity index (χ1) is 16.4. The third-order valence-electron chi connectivity index (χ3n) is 5.77. The van der Waals surface area contributed by atoms with E-state index in [0.29, 0.717) is 48.9 Å². The minimum absolute atomic E-state index is 0.287. The summed E-state index contributed by atoms with van der Waals surface area (Å²) >= 11 is 0. The molecule has 12 heteroatoms. The van der Waals surface area contributed by atoms with Crippen LogP contribution in [0.5, 0.6) is 0 Å². The molecule has 1 amide bonds. The van der Waals surface area contributed by atoms with Crippen LogP contribution in [0.1, 0.15) is 10.4 Å². The van der Waals surface area contributed by atoms with Gasteiger partial charge in [0.1, 0.15) is 11.6 Å². The van der Waals surface area contributed by atoms with Crippen molar-refractivity contribution in [2.24, 2.45) is 0 Å². The van der Waals surface area contributed by atoms with E-state index >= 15 is 0 Å². The van der Waals surface area contributed by atoms with E-state index in [-0.39, 0.29) is 5.91 Å². The molecule has 1 saturated heterocycles. The van der Waals surface area contributed by atoms with Crippen molar-refractivity contribution < 1.29 is 4.79 Å². The molecule has 0 atom stereocenters. The molecule has 4 aromatic rings. The van der Waals surface area contributed by atoms with Gasteiger partial charge in [0.25, 0.3) is 5.91 Å². The van der Waals surface area contributed by atoms with E-state index in [0.717, 1.165) is 16.6 Å². The van der Waals surface area contributed by atoms with Crippen molar-refractivity contribution in [3.8, 4) is 11.3 Å². The van der Waals surface area contributed by atoms with Gasteiger partial charge >= 0.3 is 0 Å². The lowest BCUT2D eigenvalue weighted by molar-refractivity contribution is 0.102. The van der Waals surface area contributed by atoms with Crippen molar-refractivity contribution in [1.82, 2.24) is 30.0 Å². The second-order valence-corrected chi connectivity index (χ2v) is 8.16. The zero-order chi connectivity index (χ0) is 23.7. The monoisotopic (exact) mass is 444 g/mol. The van der Waals surface area contributed by atoms with E-state index in [2.05, 4.69) is 35.4 Å². The van der Waals surface area contributed by atoms with Gasteiger partial charge in [-0.05, 0) is 24.3 Å². The highest BCUT2D eigenvalue weighted by atomic mass is 16.1. The number of hydrogen-bond donors (Lipinski definition) is 2. The highest BCUT2D eigenvalue weighted by Gasteiger charge is 2.25. The van der Waals surface area contributed by atoms with Crippen LogP contribution >= 0.6 is 0 Å². The van der Waals surface area contributed by atoms with E-state index < -0.39 is 5.24 Å². The first kappa shape index (κ1) is 22.2. The maximum absolute atomic E-state index is 12.9. The minimum atomic E-state index is -1.34. The highest BCUT2D eigenvalue weighted by molar-refractivity contribution is 6.59. The summed E-state index contributed by atoms with van der Waals surface area (Å²) in [6, 6.07) is 9.00. The molecule has 0 aromatic carbocycles. The zero-order valence-corrected chi connectivity index (χ0v) is 18.3. The molecule has 9 nitrogen and oxygen atoms in total. The van der Waals surface area contributed by atoms with Crippen LogP contribution in [0.3, 0.4) is 0 Å². The second kappa shape index (κ2) is 8.94. The molecule has 0 aliphatic carbocycles. The summed E-state index contributed by atoms with van der Waals surface area (Å²) in [5, 5.41) is 9.12. The number of amides is 1. The van der Waals surface area contributed by atoms with Crippen molar-refractivity contribution in [2.75, 3.05) is 36.4 Å². The molecule has 2 N–H and O–H groups in total. The van der Waals surface area contributed by atoms with Gasteiger partial charge in [0, 0.05) is 67.3 Å². The molecular weight excluding hydrogens is 425 g/mol. The van der Waals surface area contributed by atoms with E-state index in [1.54, 1.807) is 47.9 Å². The van der Waals surface area contributed by atoms with Crippen molar-refractivity contribution in [3.05, 3.63) is 60.7 Å². The summed E-state index contributed by atoms with van der Waals surface area (Å²) in [6.45, 7) is 2.47. The lowest BCUT2D eigenvalue weighted by Gasteiger charge is -2.43. The number of hydrogen-bond acceptors (Lipinski definition) is 7. The molecule has 162 valence electrons. The first-order valence-corrected chi connectivity index (χ1v) is 10.8. The summed E-state index contributed by atoms with van der Waals surface area (Å²) in [5.41, 5.74) is 2.85. The average Bonchev–Trinajstić information content (AvgIpc) is 3.38. The molecule has 0 saturated carbocycles. The van der Waals surface area contributed by atoms with Crippen molar-refractivity contribution in [2.45, 2.75) is 5.24 Å². The molecule has 5 heterocycles. The molecule has 1 fully saturated rings. The number of pyridine rings is 3. The van der Waals surface area contributed by atoms with E-state index in [4.69, 9.17) is 23.5 Å². The van der Waals surface area contributed by atoms with Crippen LogP contribution in [0.15, 0.2) is 55.1 Å². The number of rotatable bonds is 5. The van der Waals surface area contributed by atoms with Crippen LogP contribution in [0.4, 0.5) is 11.6 Å². The second-order valence-electron chi connectivity index (χ2n) is 8.16. The van der Waals surface area contributed by atoms with Crippen LogP contribution in [0, 0.1) is 0 Å². The molecule has 1 aliphatic heterocycles. The fourth-order valence-corrected chi connectivity index (χ4v) is 3.88. The van der Waals surface area contributed by atoms with E-state index in [1.807, 2.05) is 12.1 Å². The molecule has 4 aromatic heterocycles. The number of piperazine rings is 1. The maximum Gasteiger partial charge on any atom is 0.257 e. The third kappa shape index (κ3) is 4.67. The van der Waals surface area contributed by atoms with Crippen LogP contribution in [-0.2, 0) is 0 Å². The number of fused-ring (bicyclic) bond motifs is 1. The van der Waals surface area contributed by atoms with Gasteiger partial charge in [0.05, 0.1) is 40.9 Å². The molecule has 34 heavy (non-hydrogen) atoms. The van der Waals surface area contributed by atoms with Crippen LogP contribution in [0.2, 0.25) is 0 Å². The minimum Gasteiger partial charge on any atom is -0.354 e. The Bertz CT molecular complexity index is 1320.